The molecule has 0 spiro atoms. The van der Waals surface area contributed by atoms with Crippen LogP contribution in [0.4, 0.5) is 5.95 Å². The number of hydrogen-bond donors (Lipinski definition) is 1. The second-order valence-electron chi connectivity index (χ2n) is 4.07. The number of aromatic nitrogens is 4. The van der Waals surface area contributed by atoms with Crippen molar-refractivity contribution in [1.82, 2.24) is 20.2 Å². The summed E-state index contributed by atoms with van der Waals surface area (Å²) in [5.74, 6) is 0.274. The van der Waals surface area contributed by atoms with E-state index in [1.807, 2.05) is 0 Å². The average Bonchev–Trinajstić information content (AvgIpc) is 2.74. The summed E-state index contributed by atoms with van der Waals surface area (Å²) in [4.78, 5) is 13.0. The molecule has 6 heteroatoms. The van der Waals surface area contributed by atoms with Crippen molar-refractivity contribution in [3.63, 3.8) is 0 Å². The highest BCUT2D eigenvalue weighted by atomic mass is 16.1. The van der Waals surface area contributed by atoms with Crippen molar-refractivity contribution < 1.29 is 4.79 Å². The average molecular weight is 239 g/mol. The van der Waals surface area contributed by atoms with Crippen LogP contribution in [0, 0.1) is 0 Å². The van der Waals surface area contributed by atoms with Gasteiger partial charge in [0.15, 0.2) is 0 Å². The number of hydrogen-bond acceptors (Lipinski definition) is 4. The first-order valence-corrected chi connectivity index (χ1v) is 6.34. The van der Waals surface area contributed by atoms with E-state index in [-0.39, 0.29) is 5.91 Å². The fourth-order valence-corrected chi connectivity index (χ4v) is 1.41. The molecule has 1 rings (SSSR count). The highest BCUT2D eigenvalue weighted by Gasteiger charge is 2.06. The molecule has 0 aliphatic rings. The highest BCUT2D eigenvalue weighted by molar-refractivity contribution is 5.88. The molecular formula is C11H21N5O. The van der Waals surface area contributed by atoms with Gasteiger partial charge in [0.25, 0.3) is 5.95 Å². The Hall–Kier alpha value is -1.46. The van der Waals surface area contributed by atoms with Crippen LogP contribution in [0.15, 0.2) is 0 Å². The lowest BCUT2D eigenvalue weighted by molar-refractivity contribution is -0.116. The second kappa shape index (κ2) is 7.76. The molecule has 0 atom stereocenters. The Morgan fingerprint density at radius 2 is 2.00 bits per heavy atom. The number of carbonyl (C=O) groups is 1. The van der Waals surface area contributed by atoms with Gasteiger partial charge < -0.3 is 0 Å². The first-order valence-electron chi connectivity index (χ1n) is 6.34. The smallest absolute Gasteiger partial charge is 0.270 e. The van der Waals surface area contributed by atoms with Gasteiger partial charge in [0.1, 0.15) is 0 Å². The minimum Gasteiger partial charge on any atom is -0.292 e. The van der Waals surface area contributed by atoms with Crippen LogP contribution in [0.2, 0.25) is 0 Å². The van der Waals surface area contributed by atoms with Crippen molar-refractivity contribution >= 4 is 11.9 Å². The summed E-state index contributed by atoms with van der Waals surface area (Å²) in [5.41, 5.74) is 0. The summed E-state index contributed by atoms with van der Waals surface area (Å²) in [7, 11) is 0. The molecular weight excluding hydrogens is 218 g/mol. The van der Waals surface area contributed by atoms with Gasteiger partial charge in [-0.1, -0.05) is 38.2 Å². The Bertz CT molecular complexity index is 336. The molecule has 1 amide bonds. The Kier molecular flexibility index (Phi) is 6.21. The van der Waals surface area contributed by atoms with Gasteiger partial charge in [0, 0.05) is 6.42 Å². The Balaban J connectivity index is 2.30. The maximum Gasteiger partial charge on any atom is 0.270 e. The van der Waals surface area contributed by atoms with Crippen LogP contribution < -0.4 is 5.32 Å². The van der Waals surface area contributed by atoms with Gasteiger partial charge in [-0.05, 0) is 18.1 Å². The number of rotatable bonds is 8. The number of unbranched alkanes of at least 4 members (excludes halogenated alkanes) is 3. The number of carbonyl (C=O) groups excluding carboxylic acids is 1. The monoisotopic (exact) mass is 239 g/mol. The number of nitrogens with one attached hydrogen (secondary N) is 1. The van der Waals surface area contributed by atoms with Crippen LogP contribution in [0.3, 0.4) is 0 Å². The molecule has 17 heavy (non-hydrogen) atoms. The zero-order valence-corrected chi connectivity index (χ0v) is 10.6. The molecule has 0 fully saturated rings. The van der Waals surface area contributed by atoms with E-state index in [9.17, 15) is 4.79 Å². The molecule has 1 N–H and O–H groups in total. The van der Waals surface area contributed by atoms with E-state index in [0.717, 1.165) is 38.6 Å². The zero-order chi connectivity index (χ0) is 12.5. The molecule has 0 aliphatic carbocycles. The molecule has 0 unspecified atom stereocenters. The van der Waals surface area contributed by atoms with Gasteiger partial charge in [-0.25, -0.2) is 0 Å². The number of tetrazole rings is 1. The first-order chi connectivity index (χ1) is 8.26. The van der Waals surface area contributed by atoms with E-state index in [2.05, 4.69) is 34.6 Å². The molecule has 0 aliphatic heterocycles. The lowest BCUT2D eigenvalue weighted by Gasteiger charge is -1.99. The summed E-state index contributed by atoms with van der Waals surface area (Å²) in [5, 5.41) is 14.4. The summed E-state index contributed by atoms with van der Waals surface area (Å²) in [6.45, 7) is 4.96. The third-order valence-electron chi connectivity index (χ3n) is 2.42. The van der Waals surface area contributed by atoms with Gasteiger partial charge in [0.05, 0.1) is 6.54 Å². The fourth-order valence-electron chi connectivity index (χ4n) is 1.41. The number of aryl methyl sites for hydroxylation is 1. The largest absolute Gasteiger partial charge is 0.292 e. The van der Waals surface area contributed by atoms with Crippen LogP contribution in [0.5, 0.6) is 0 Å². The van der Waals surface area contributed by atoms with Crippen LogP contribution in [0.25, 0.3) is 0 Å². The quantitative estimate of drug-likeness (QED) is 0.704. The van der Waals surface area contributed by atoms with Gasteiger partial charge >= 0.3 is 0 Å². The summed E-state index contributed by atoms with van der Waals surface area (Å²) < 4.78 is 0. The summed E-state index contributed by atoms with van der Waals surface area (Å²) >= 11 is 0. The van der Waals surface area contributed by atoms with Gasteiger partial charge in [0.2, 0.25) is 5.91 Å². The molecule has 0 radical (unpaired) electrons. The lowest BCUT2D eigenvalue weighted by atomic mass is 10.2. The van der Waals surface area contributed by atoms with Crippen molar-refractivity contribution in [1.29, 1.82) is 0 Å². The predicted octanol–water partition coefficient (Wildman–Crippen LogP) is 1.99. The molecule has 6 nitrogen and oxygen atoms in total. The third kappa shape index (κ3) is 5.42. The second-order valence-corrected chi connectivity index (χ2v) is 4.07. The molecule has 0 bridgehead atoms. The number of nitrogens with zero attached hydrogens (tertiary/aromatic N) is 4. The molecule has 0 saturated heterocycles. The van der Waals surface area contributed by atoms with Crippen LogP contribution >= 0.6 is 0 Å². The van der Waals surface area contributed by atoms with Gasteiger partial charge in [-0.2, -0.15) is 4.80 Å². The van der Waals surface area contributed by atoms with E-state index in [1.165, 1.54) is 4.80 Å². The zero-order valence-electron chi connectivity index (χ0n) is 10.6. The Morgan fingerprint density at radius 3 is 2.71 bits per heavy atom. The first kappa shape index (κ1) is 13.6. The fraction of sp³-hybridized carbons (Fsp3) is 0.818. The van der Waals surface area contributed by atoms with Crippen molar-refractivity contribution in [2.75, 3.05) is 5.32 Å². The SMILES string of the molecule is CCCCCC(=O)Nc1nnn(CCCC)n1. The number of amides is 1. The van der Waals surface area contributed by atoms with Gasteiger partial charge in [-0.15, -0.1) is 5.10 Å². The minimum absolute atomic E-state index is 0.0338. The normalized spacial score (nSPS) is 10.5. The summed E-state index contributed by atoms with van der Waals surface area (Å²) in [6.07, 6.45) is 5.72. The van der Waals surface area contributed by atoms with Crippen LogP contribution in [0.1, 0.15) is 52.4 Å². The number of anilines is 1. The topological polar surface area (TPSA) is 72.7 Å². The van der Waals surface area contributed by atoms with Crippen LogP contribution in [-0.4, -0.2) is 26.1 Å². The van der Waals surface area contributed by atoms with Crippen molar-refractivity contribution in [3.05, 3.63) is 0 Å². The van der Waals surface area contributed by atoms with Crippen LogP contribution in [-0.2, 0) is 11.3 Å². The molecule has 1 aromatic rings. The predicted molar refractivity (Wildman–Crippen MR) is 65.5 cm³/mol. The summed E-state index contributed by atoms with van der Waals surface area (Å²) in [6, 6.07) is 0. The van der Waals surface area contributed by atoms with E-state index in [1.54, 1.807) is 0 Å². The van der Waals surface area contributed by atoms with Gasteiger partial charge in [-0.3, -0.25) is 10.1 Å². The minimum atomic E-state index is -0.0338. The molecule has 1 aromatic heterocycles. The van der Waals surface area contributed by atoms with Crippen molar-refractivity contribution in [3.8, 4) is 0 Å². The van der Waals surface area contributed by atoms with E-state index in [4.69, 9.17) is 0 Å². The Labute approximate surface area is 102 Å². The third-order valence-corrected chi connectivity index (χ3v) is 2.42. The van der Waals surface area contributed by atoms with E-state index in [0.29, 0.717) is 12.4 Å². The van der Waals surface area contributed by atoms with Crippen molar-refractivity contribution in [2.24, 2.45) is 0 Å². The molecule has 96 valence electrons. The van der Waals surface area contributed by atoms with Crippen molar-refractivity contribution in [2.45, 2.75) is 58.9 Å². The molecule has 0 aromatic carbocycles. The Morgan fingerprint density at radius 1 is 1.24 bits per heavy atom. The van der Waals surface area contributed by atoms with E-state index < -0.39 is 0 Å². The molecule has 1 heterocycles. The lowest BCUT2D eigenvalue weighted by Crippen LogP contribution is -2.12. The maximum absolute atomic E-state index is 11.5. The standard InChI is InChI=1S/C11H21N5O/c1-3-5-7-8-10(17)12-11-13-15-16(14-11)9-6-4-2/h3-9H2,1-2H3,(H,12,14,17). The maximum atomic E-state index is 11.5. The molecule has 0 saturated carbocycles. The highest BCUT2D eigenvalue weighted by Crippen LogP contribution is 2.02. The van der Waals surface area contributed by atoms with E-state index >= 15 is 0 Å².